The Bertz CT molecular complexity index is 616. The number of esters is 1. The van der Waals surface area contributed by atoms with Crippen molar-refractivity contribution in [3.8, 4) is 0 Å². The number of aliphatic hydroxyl groups is 1. The van der Waals surface area contributed by atoms with Crippen molar-refractivity contribution in [2.45, 2.75) is 78.4 Å². The Labute approximate surface area is 242 Å². The van der Waals surface area contributed by atoms with Crippen molar-refractivity contribution < 1.29 is 63.0 Å². The standard InChI is InChI=1S/C8H14O3.C6H14O.2C2HClO2.C2H2O3.Cl2OS.H2O/c1-3-4-5-7(2)11-8(10)6-9;1-3-4-5-6(2)7;2*3-2(5)1-4;3-1-2(4)5;1-4(2)3;/h6-7H,3-5H2,1-2H3;6-7H,3-5H2,1-2H3;2*1H;1H,(H,4,5);;1H2. The third-order valence-electron chi connectivity index (χ3n) is 2.64. The van der Waals surface area contributed by atoms with Crippen molar-refractivity contribution in [1.29, 1.82) is 0 Å². The third-order valence-corrected chi connectivity index (χ3v) is 2.82. The lowest BCUT2D eigenvalue weighted by atomic mass is 10.2. The maximum atomic E-state index is 10.4. The van der Waals surface area contributed by atoms with Crippen LogP contribution >= 0.6 is 44.6 Å². The van der Waals surface area contributed by atoms with Gasteiger partial charge in [0.15, 0.2) is 0 Å². The molecule has 0 amide bonds. The van der Waals surface area contributed by atoms with Crippen molar-refractivity contribution in [3.05, 3.63) is 0 Å². The highest BCUT2D eigenvalue weighted by Gasteiger charge is 2.06. The van der Waals surface area contributed by atoms with E-state index < -0.39 is 31.7 Å². The average molecular weight is 656 g/mol. The topological polar surface area (TPSA) is 235 Å². The summed E-state index contributed by atoms with van der Waals surface area (Å²) in [7, 11) is 7.36. The Morgan fingerprint density at radius 3 is 1.26 bits per heavy atom. The molecule has 0 saturated carbocycles. The summed E-state index contributed by atoms with van der Waals surface area (Å²) in [5.41, 5.74) is 0. The van der Waals surface area contributed by atoms with E-state index in [4.69, 9.17) is 38.3 Å². The Morgan fingerprint density at radius 2 is 1.11 bits per heavy atom. The molecule has 0 heterocycles. The third kappa shape index (κ3) is 114. The second-order valence-corrected chi connectivity index (χ2v) is 9.25. The van der Waals surface area contributed by atoms with E-state index in [0.717, 1.165) is 32.1 Å². The molecule has 226 valence electrons. The van der Waals surface area contributed by atoms with E-state index in [1.54, 1.807) is 6.92 Å². The van der Waals surface area contributed by atoms with Crippen LogP contribution in [-0.2, 0) is 52.3 Å². The summed E-state index contributed by atoms with van der Waals surface area (Å²) < 4.78 is 13.8. The largest absolute Gasteiger partial charge is 0.476 e. The summed E-state index contributed by atoms with van der Waals surface area (Å²) in [4.78, 5) is 74.6. The number of carbonyl (C=O) groups excluding carboxylic acids is 7. The van der Waals surface area contributed by atoms with Crippen LogP contribution in [0.1, 0.15) is 66.2 Å². The van der Waals surface area contributed by atoms with E-state index in [0.29, 0.717) is 0 Å². The number of hydrogen-bond donors (Lipinski definition) is 2. The zero-order valence-electron chi connectivity index (χ0n) is 21.1. The molecule has 0 aromatic carbocycles. The summed E-state index contributed by atoms with van der Waals surface area (Å²) >= 11 is 8.91. The molecule has 0 rings (SSSR count). The number of unbranched alkanes of at least 4 members (excludes halogenated alkanes) is 2. The maximum Gasteiger partial charge on any atom is 0.371 e. The monoisotopic (exact) mass is 654 g/mol. The smallest absolute Gasteiger partial charge is 0.371 e. The first-order chi connectivity index (χ1) is 17.0. The number of carboxylic acid groups (broad SMARTS) is 1. The predicted octanol–water partition coefficient (Wildman–Crippen LogP) is 2.25. The molecule has 38 heavy (non-hydrogen) atoms. The summed E-state index contributed by atoms with van der Waals surface area (Å²) in [5.74, 6) is -2.20. The molecule has 0 aliphatic rings. The van der Waals surface area contributed by atoms with E-state index in [9.17, 15) is 19.2 Å². The van der Waals surface area contributed by atoms with E-state index in [1.807, 2.05) is 6.92 Å². The zero-order chi connectivity index (χ0) is 30.8. The number of aliphatic hydroxyl groups excluding tert-OH is 1. The first-order valence-electron chi connectivity index (χ1n) is 10.1. The molecule has 0 saturated heterocycles. The van der Waals surface area contributed by atoms with Crippen LogP contribution < -0.4 is 0 Å². The molecule has 2 unspecified atom stereocenters. The van der Waals surface area contributed by atoms with Gasteiger partial charge in [0.1, 0.15) is 0 Å². The van der Waals surface area contributed by atoms with Gasteiger partial charge in [0.25, 0.3) is 10.5 Å². The number of ether oxygens (including phenoxy) is 1. The molecule has 0 spiro atoms. The summed E-state index contributed by atoms with van der Waals surface area (Å²) in [6, 6.07) is 0. The molecular formula is C20H34Cl4O13S. The minimum Gasteiger partial charge on any atom is -0.476 e. The number of carbonyl (C=O) groups is 8. The second-order valence-electron chi connectivity index (χ2n) is 5.98. The Hall–Kier alpha value is -1.81. The van der Waals surface area contributed by atoms with Crippen LogP contribution in [0.5, 0.6) is 0 Å². The number of halogens is 4. The molecule has 0 aromatic rings. The molecule has 0 aliphatic heterocycles. The van der Waals surface area contributed by atoms with Crippen molar-refractivity contribution in [3.63, 3.8) is 0 Å². The van der Waals surface area contributed by atoms with Crippen LogP contribution in [0.4, 0.5) is 0 Å². The lowest BCUT2D eigenvalue weighted by molar-refractivity contribution is -0.152. The lowest BCUT2D eigenvalue weighted by Gasteiger charge is -2.09. The van der Waals surface area contributed by atoms with Gasteiger partial charge in [0.2, 0.25) is 34.4 Å². The molecular weight excluding hydrogens is 622 g/mol. The second kappa shape index (κ2) is 45.1. The molecule has 0 radical (unpaired) electrons. The SMILES string of the molecule is CCCCC(C)O.CCCCC(C)OC(=O)C=O.O.O=CC(=O)Cl.O=CC(=O)Cl.O=CC(=O)O.O=S(Cl)Cl. The number of aldehydes is 4. The Kier molecular flexibility index (Phi) is 62.5. The molecule has 13 nitrogen and oxygen atoms in total. The van der Waals surface area contributed by atoms with E-state index in [2.05, 4.69) is 58.4 Å². The van der Waals surface area contributed by atoms with Gasteiger partial charge in [-0.25, -0.2) is 13.8 Å². The summed E-state index contributed by atoms with van der Waals surface area (Å²) in [5, 5.41) is 14.1. The van der Waals surface area contributed by atoms with Crippen molar-refractivity contribution >= 4 is 101 Å². The normalized spacial score (nSPS) is 9.63. The molecule has 4 N–H and O–H groups in total. The van der Waals surface area contributed by atoms with Gasteiger partial charge in [-0.15, -0.1) is 0 Å². The van der Waals surface area contributed by atoms with Gasteiger partial charge in [0, 0.05) is 21.4 Å². The van der Waals surface area contributed by atoms with Gasteiger partial charge in [-0.1, -0.05) is 39.5 Å². The predicted molar refractivity (Wildman–Crippen MR) is 143 cm³/mol. The van der Waals surface area contributed by atoms with Gasteiger partial charge >= 0.3 is 11.9 Å². The fourth-order valence-corrected chi connectivity index (χ4v) is 1.28. The fraction of sp³-hybridized carbons (Fsp3) is 0.600. The highest BCUT2D eigenvalue weighted by Crippen LogP contribution is 2.03. The first-order valence-corrected chi connectivity index (χ1v) is 13.6. The van der Waals surface area contributed by atoms with Crippen molar-refractivity contribution in [2.24, 2.45) is 0 Å². The van der Waals surface area contributed by atoms with Crippen LogP contribution in [0.3, 0.4) is 0 Å². The van der Waals surface area contributed by atoms with Crippen LogP contribution in [-0.4, -0.2) is 79.7 Å². The van der Waals surface area contributed by atoms with Crippen LogP contribution in [0.25, 0.3) is 0 Å². The van der Waals surface area contributed by atoms with Crippen LogP contribution in [0, 0.1) is 0 Å². The molecule has 2 atom stereocenters. The van der Waals surface area contributed by atoms with E-state index >= 15 is 0 Å². The molecule has 0 fully saturated rings. The highest BCUT2D eigenvalue weighted by atomic mass is 36.0. The highest BCUT2D eigenvalue weighted by molar-refractivity contribution is 8.26. The van der Waals surface area contributed by atoms with Gasteiger partial charge in [-0.3, -0.25) is 28.8 Å². The van der Waals surface area contributed by atoms with E-state index in [-0.39, 0.29) is 42.8 Å². The van der Waals surface area contributed by atoms with Crippen molar-refractivity contribution in [1.82, 2.24) is 0 Å². The Balaban J connectivity index is -0.0000000630. The zero-order valence-corrected chi connectivity index (χ0v) is 24.9. The first kappa shape index (κ1) is 52.6. The van der Waals surface area contributed by atoms with Gasteiger partial charge in [0.05, 0.1) is 12.2 Å². The fourth-order valence-electron chi connectivity index (χ4n) is 1.28. The quantitative estimate of drug-likeness (QED) is 0.141. The molecule has 0 aromatic heterocycles. The maximum absolute atomic E-state index is 10.4. The number of hydrogen-bond acceptors (Lipinski definition) is 11. The number of carboxylic acids is 1. The van der Waals surface area contributed by atoms with Gasteiger partial charge < -0.3 is 20.4 Å². The van der Waals surface area contributed by atoms with Crippen molar-refractivity contribution in [2.75, 3.05) is 0 Å². The number of aliphatic carboxylic acids is 1. The summed E-state index contributed by atoms with van der Waals surface area (Å²) in [6.07, 6.45) is 6.10. The van der Waals surface area contributed by atoms with Crippen LogP contribution in [0.15, 0.2) is 0 Å². The average Bonchev–Trinajstić information content (AvgIpc) is 2.82. The molecule has 0 bridgehead atoms. The van der Waals surface area contributed by atoms with Gasteiger partial charge in [-0.05, 0) is 49.9 Å². The summed E-state index contributed by atoms with van der Waals surface area (Å²) in [6.45, 7) is 7.81. The molecule has 0 aliphatic carbocycles. The number of rotatable bonds is 11. The Morgan fingerprint density at radius 1 is 0.816 bits per heavy atom. The minimum absolute atomic E-state index is 0. The molecule has 18 heteroatoms. The minimum atomic E-state index is -1.67. The van der Waals surface area contributed by atoms with E-state index in [1.165, 1.54) is 6.42 Å². The van der Waals surface area contributed by atoms with Gasteiger partial charge in [-0.2, -0.15) is 0 Å². The lowest BCUT2D eigenvalue weighted by Crippen LogP contribution is -2.15. The van der Waals surface area contributed by atoms with Crippen LogP contribution in [0.2, 0.25) is 0 Å².